The lowest BCUT2D eigenvalue weighted by atomic mass is 10.2. The van der Waals surface area contributed by atoms with Crippen LogP contribution in [0.15, 0.2) is 21.2 Å². The molecule has 1 aromatic rings. The lowest BCUT2D eigenvalue weighted by Gasteiger charge is -2.09. The van der Waals surface area contributed by atoms with Gasteiger partial charge in [0.05, 0.1) is 11.1 Å². The Bertz CT molecular complexity index is 373. The first-order valence-corrected chi connectivity index (χ1v) is 6.19. The summed E-state index contributed by atoms with van der Waals surface area (Å²) in [7, 11) is 0. The van der Waals surface area contributed by atoms with E-state index in [1.54, 1.807) is 6.20 Å². The van der Waals surface area contributed by atoms with Crippen molar-refractivity contribution in [1.82, 2.24) is 4.98 Å². The monoisotopic (exact) mass is 355 g/mol. The average molecular weight is 357 g/mol. The zero-order valence-corrected chi connectivity index (χ0v) is 11.5. The Morgan fingerprint density at radius 1 is 1.60 bits per heavy atom. The Morgan fingerprint density at radius 2 is 2.27 bits per heavy atom. The lowest BCUT2D eigenvalue weighted by Crippen LogP contribution is -2.01. The predicted molar refractivity (Wildman–Crippen MR) is 65.1 cm³/mol. The van der Waals surface area contributed by atoms with Gasteiger partial charge in [0.2, 0.25) is 0 Å². The number of nitrogens with zero attached hydrogens (tertiary/aromatic N) is 1. The van der Waals surface area contributed by atoms with Crippen molar-refractivity contribution in [3.63, 3.8) is 0 Å². The highest BCUT2D eigenvalue weighted by molar-refractivity contribution is 9.11. The number of hydrogen-bond donors (Lipinski definition) is 1. The molecule has 0 spiro atoms. The molecule has 0 aliphatic heterocycles. The topological polar surface area (TPSA) is 50.2 Å². The zero-order chi connectivity index (χ0) is 11.4. The number of carbonyl (C=O) groups is 1. The van der Waals surface area contributed by atoms with Crippen LogP contribution >= 0.6 is 43.5 Å². The van der Waals surface area contributed by atoms with Gasteiger partial charge in [0.25, 0.3) is 0 Å². The first-order chi connectivity index (χ1) is 7.00. The predicted octanol–water partition coefficient (Wildman–Crippen LogP) is 3.75. The molecule has 0 aliphatic rings. The molecule has 0 bridgehead atoms. The Labute approximate surface area is 109 Å². The van der Waals surface area contributed by atoms with Crippen LogP contribution in [0.4, 0.5) is 0 Å². The van der Waals surface area contributed by atoms with Gasteiger partial charge in [-0.1, -0.05) is 0 Å². The molecule has 0 radical (unpaired) electrons. The molecule has 1 rings (SSSR count). The van der Waals surface area contributed by atoms with E-state index in [1.807, 2.05) is 6.07 Å². The van der Waals surface area contributed by atoms with E-state index in [4.69, 9.17) is 16.7 Å². The Morgan fingerprint density at radius 3 is 2.80 bits per heavy atom. The quantitative estimate of drug-likeness (QED) is 0.835. The highest BCUT2D eigenvalue weighted by Crippen LogP contribution is 2.31. The number of hydrogen-bond acceptors (Lipinski definition) is 2. The minimum Gasteiger partial charge on any atom is -0.481 e. The number of carboxylic acid groups (broad SMARTS) is 1. The van der Waals surface area contributed by atoms with Crippen LogP contribution in [-0.4, -0.2) is 16.1 Å². The number of aromatic nitrogens is 1. The lowest BCUT2D eigenvalue weighted by molar-refractivity contribution is -0.137. The fourth-order valence-corrected chi connectivity index (χ4v) is 2.72. The van der Waals surface area contributed by atoms with Crippen LogP contribution in [0, 0.1) is 0 Å². The van der Waals surface area contributed by atoms with E-state index in [9.17, 15) is 4.79 Å². The van der Waals surface area contributed by atoms with Crippen molar-refractivity contribution in [1.29, 1.82) is 0 Å². The van der Waals surface area contributed by atoms with Crippen molar-refractivity contribution in [3.05, 3.63) is 26.9 Å². The Hall–Kier alpha value is -0.130. The molecule has 0 aliphatic carbocycles. The maximum absolute atomic E-state index is 10.4. The normalized spacial score (nSPS) is 12.5. The maximum Gasteiger partial charge on any atom is 0.303 e. The van der Waals surface area contributed by atoms with Gasteiger partial charge in [-0.15, -0.1) is 11.6 Å². The average Bonchev–Trinajstić information content (AvgIpc) is 2.14. The Balaban J connectivity index is 2.73. The number of halogens is 3. The molecule has 6 heteroatoms. The smallest absolute Gasteiger partial charge is 0.303 e. The van der Waals surface area contributed by atoms with Crippen LogP contribution in [0.1, 0.15) is 23.9 Å². The summed E-state index contributed by atoms with van der Waals surface area (Å²) in [6, 6.07) is 1.83. The van der Waals surface area contributed by atoms with Gasteiger partial charge >= 0.3 is 5.97 Å². The third-order valence-electron chi connectivity index (χ3n) is 1.74. The number of pyridine rings is 1. The second kappa shape index (κ2) is 5.82. The summed E-state index contributed by atoms with van der Waals surface area (Å²) >= 11 is 12.6. The number of alkyl halides is 1. The number of aliphatic carboxylic acids is 1. The highest BCUT2D eigenvalue weighted by atomic mass is 79.9. The molecule has 1 heterocycles. The minimum absolute atomic E-state index is 0.0400. The summed E-state index contributed by atoms with van der Waals surface area (Å²) in [5, 5.41) is 8.14. The van der Waals surface area contributed by atoms with Crippen LogP contribution in [0.3, 0.4) is 0 Å². The van der Waals surface area contributed by atoms with Crippen molar-refractivity contribution in [2.75, 3.05) is 0 Å². The van der Waals surface area contributed by atoms with E-state index < -0.39 is 5.97 Å². The van der Waals surface area contributed by atoms with Crippen LogP contribution in [-0.2, 0) is 4.79 Å². The molecular weight excluding hydrogens is 349 g/mol. The van der Waals surface area contributed by atoms with Gasteiger partial charge in [-0.3, -0.25) is 9.78 Å². The summed E-state index contributed by atoms with van der Waals surface area (Å²) in [6.45, 7) is 0. The fraction of sp³-hybridized carbons (Fsp3) is 0.333. The molecule has 82 valence electrons. The highest BCUT2D eigenvalue weighted by Gasteiger charge is 2.14. The standard InChI is InChI=1S/C9H8Br2ClNO2/c10-5-3-6(11)9(13-4-5)7(12)1-2-8(14)15/h3-4,7H,1-2H2,(H,14,15). The second-order valence-corrected chi connectivity index (χ2v) is 5.22. The van der Waals surface area contributed by atoms with E-state index in [1.165, 1.54) is 0 Å². The van der Waals surface area contributed by atoms with Gasteiger partial charge in [0.1, 0.15) is 0 Å². The van der Waals surface area contributed by atoms with E-state index >= 15 is 0 Å². The van der Waals surface area contributed by atoms with Gasteiger partial charge in [-0.2, -0.15) is 0 Å². The van der Waals surface area contributed by atoms with Crippen molar-refractivity contribution in [2.24, 2.45) is 0 Å². The number of carboxylic acids is 1. The first-order valence-electron chi connectivity index (χ1n) is 4.17. The SMILES string of the molecule is O=C(O)CCC(Cl)c1ncc(Br)cc1Br. The first kappa shape index (κ1) is 12.9. The number of rotatable bonds is 4. The van der Waals surface area contributed by atoms with Gasteiger partial charge in [0, 0.05) is 21.6 Å². The van der Waals surface area contributed by atoms with Crippen LogP contribution in [0.2, 0.25) is 0 Å². The Kier molecular flexibility index (Phi) is 5.02. The molecule has 0 amide bonds. The molecule has 1 aromatic heterocycles. The molecular formula is C9H8Br2ClNO2. The molecule has 0 saturated heterocycles. The molecule has 0 fully saturated rings. The summed E-state index contributed by atoms with van der Waals surface area (Å²) < 4.78 is 1.63. The van der Waals surface area contributed by atoms with Crippen molar-refractivity contribution < 1.29 is 9.90 Å². The fourth-order valence-electron chi connectivity index (χ4n) is 1.04. The van der Waals surface area contributed by atoms with Crippen LogP contribution in [0.25, 0.3) is 0 Å². The minimum atomic E-state index is -0.853. The molecule has 3 nitrogen and oxygen atoms in total. The second-order valence-electron chi connectivity index (χ2n) is 2.92. The largest absolute Gasteiger partial charge is 0.481 e. The van der Waals surface area contributed by atoms with Crippen LogP contribution in [0.5, 0.6) is 0 Å². The van der Waals surface area contributed by atoms with E-state index in [2.05, 4.69) is 36.8 Å². The van der Waals surface area contributed by atoms with Gasteiger partial charge in [0.15, 0.2) is 0 Å². The summed E-state index contributed by atoms with van der Waals surface area (Å²) in [4.78, 5) is 14.5. The van der Waals surface area contributed by atoms with Gasteiger partial charge in [-0.05, 0) is 44.3 Å². The van der Waals surface area contributed by atoms with E-state index in [0.717, 1.165) is 8.95 Å². The van der Waals surface area contributed by atoms with Crippen molar-refractivity contribution in [2.45, 2.75) is 18.2 Å². The molecule has 15 heavy (non-hydrogen) atoms. The summed E-state index contributed by atoms with van der Waals surface area (Å²) in [6.07, 6.45) is 2.04. The molecule has 1 unspecified atom stereocenters. The van der Waals surface area contributed by atoms with E-state index in [0.29, 0.717) is 12.1 Å². The molecule has 1 atom stereocenters. The van der Waals surface area contributed by atoms with Crippen molar-refractivity contribution >= 4 is 49.4 Å². The summed E-state index contributed by atoms with van der Waals surface area (Å²) in [5.41, 5.74) is 0.668. The van der Waals surface area contributed by atoms with E-state index in [-0.39, 0.29) is 11.8 Å². The summed E-state index contributed by atoms with van der Waals surface area (Å²) in [5.74, 6) is -0.853. The van der Waals surface area contributed by atoms with Crippen molar-refractivity contribution in [3.8, 4) is 0 Å². The zero-order valence-electron chi connectivity index (χ0n) is 7.58. The van der Waals surface area contributed by atoms with Crippen LogP contribution < -0.4 is 0 Å². The molecule has 1 N–H and O–H groups in total. The van der Waals surface area contributed by atoms with Gasteiger partial charge in [-0.25, -0.2) is 0 Å². The molecule has 0 aromatic carbocycles. The third kappa shape index (κ3) is 4.09. The maximum atomic E-state index is 10.4. The van der Waals surface area contributed by atoms with Gasteiger partial charge < -0.3 is 5.11 Å². The molecule has 0 saturated carbocycles. The third-order valence-corrected chi connectivity index (χ3v) is 3.24.